The molecule has 7 heteroatoms. The van der Waals surface area contributed by atoms with Crippen molar-refractivity contribution in [3.8, 4) is 0 Å². The van der Waals surface area contributed by atoms with Gasteiger partial charge in [-0.2, -0.15) is 0 Å². The quantitative estimate of drug-likeness (QED) is 0.563. The van der Waals surface area contributed by atoms with E-state index in [-0.39, 0.29) is 5.91 Å². The van der Waals surface area contributed by atoms with Crippen molar-refractivity contribution in [3.05, 3.63) is 58.1 Å². The van der Waals surface area contributed by atoms with E-state index >= 15 is 0 Å². The zero-order valence-electron chi connectivity index (χ0n) is 14.6. The Morgan fingerprint density at radius 2 is 1.88 bits per heavy atom. The summed E-state index contributed by atoms with van der Waals surface area (Å²) >= 11 is 13.7. The Bertz CT molecular complexity index is 893. The first-order chi connectivity index (χ1) is 12.5. The van der Waals surface area contributed by atoms with Gasteiger partial charge in [-0.3, -0.25) is 9.69 Å². The molecule has 1 heterocycles. The summed E-state index contributed by atoms with van der Waals surface area (Å²) in [6.07, 6.45) is 0.833. The number of para-hydroxylation sites is 1. The summed E-state index contributed by atoms with van der Waals surface area (Å²) in [5.41, 5.74) is 1.32. The average Bonchev–Trinajstić information content (AvgIpc) is 3.01. The SMILES string of the molecule is CN(C)CCCN(C(=O)c1ccc(Cl)cc1Cl)c1nc2ccccc2s1. The number of fused-ring (bicyclic) bond motifs is 1. The number of benzene rings is 2. The van der Waals surface area contributed by atoms with Gasteiger partial charge < -0.3 is 4.90 Å². The third kappa shape index (κ3) is 4.35. The van der Waals surface area contributed by atoms with Gasteiger partial charge in [0.1, 0.15) is 0 Å². The molecule has 0 saturated carbocycles. The number of carbonyl (C=O) groups is 1. The summed E-state index contributed by atoms with van der Waals surface area (Å²) in [6, 6.07) is 12.8. The molecule has 0 aliphatic carbocycles. The summed E-state index contributed by atoms with van der Waals surface area (Å²) in [4.78, 5) is 21.6. The first-order valence-corrected chi connectivity index (χ1v) is 9.80. The van der Waals surface area contributed by atoms with Crippen LogP contribution in [0.25, 0.3) is 10.2 Å². The molecule has 4 nitrogen and oxygen atoms in total. The van der Waals surface area contributed by atoms with Gasteiger partial charge in [0.25, 0.3) is 5.91 Å². The first kappa shape index (κ1) is 19.1. The van der Waals surface area contributed by atoms with Gasteiger partial charge >= 0.3 is 0 Å². The van der Waals surface area contributed by atoms with Crippen molar-refractivity contribution in [1.29, 1.82) is 0 Å². The lowest BCUT2D eigenvalue weighted by Crippen LogP contribution is -2.33. The topological polar surface area (TPSA) is 36.4 Å². The highest BCUT2D eigenvalue weighted by Gasteiger charge is 2.23. The second-order valence-corrected chi connectivity index (χ2v) is 8.05. The zero-order valence-corrected chi connectivity index (χ0v) is 16.9. The second-order valence-electron chi connectivity index (χ2n) is 6.20. The van der Waals surface area contributed by atoms with Crippen molar-refractivity contribution in [2.75, 3.05) is 32.1 Å². The minimum absolute atomic E-state index is 0.163. The van der Waals surface area contributed by atoms with E-state index in [2.05, 4.69) is 9.88 Å². The molecule has 0 saturated heterocycles. The summed E-state index contributed by atoms with van der Waals surface area (Å²) < 4.78 is 1.05. The second kappa shape index (κ2) is 8.35. The Labute approximate surface area is 167 Å². The number of aromatic nitrogens is 1. The number of amides is 1. The number of hydrogen-bond acceptors (Lipinski definition) is 4. The van der Waals surface area contributed by atoms with Gasteiger partial charge in [0.05, 0.1) is 20.8 Å². The molecule has 0 atom stereocenters. The molecule has 3 rings (SSSR count). The molecule has 0 radical (unpaired) electrons. The van der Waals surface area contributed by atoms with E-state index < -0.39 is 0 Å². The molecule has 26 heavy (non-hydrogen) atoms. The fourth-order valence-electron chi connectivity index (χ4n) is 2.61. The van der Waals surface area contributed by atoms with E-state index in [0.717, 1.165) is 23.2 Å². The van der Waals surface area contributed by atoms with Crippen molar-refractivity contribution in [2.45, 2.75) is 6.42 Å². The predicted octanol–water partition coefficient (Wildman–Crippen LogP) is 5.20. The van der Waals surface area contributed by atoms with Gasteiger partial charge in [0.2, 0.25) is 0 Å². The predicted molar refractivity (Wildman–Crippen MR) is 111 cm³/mol. The highest BCUT2D eigenvalue weighted by Crippen LogP contribution is 2.31. The van der Waals surface area contributed by atoms with Crippen LogP contribution in [0.2, 0.25) is 10.0 Å². The van der Waals surface area contributed by atoms with Crippen molar-refractivity contribution in [3.63, 3.8) is 0 Å². The minimum Gasteiger partial charge on any atom is -0.309 e. The number of carbonyl (C=O) groups excluding carboxylic acids is 1. The molecule has 0 N–H and O–H groups in total. The highest BCUT2D eigenvalue weighted by molar-refractivity contribution is 7.22. The molecule has 0 unspecified atom stereocenters. The number of rotatable bonds is 6. The van der Waals surface area contributed by atoms with Crippen LogP contribution in [0.4, 0.5) is 5.13 Å². The molecule has 0 fully saturated rings. The maximum absolute atomic E-state index is 13.2. The fraction of sp³-hybridized carbons (Fsp3) is 0.263. The van der Waals surface area contributed by atoms with Crippen LogP contribution in [-0.4, -0.2) is 43.0 Å². The Morgan fingerprint density at radius 1 is 1.12 bits per heavy atom. The van der Waals surface area contributed by atoms with Crippen molar-refractivity contribution < 1.29 is 4.79 Å². The Balaban J connectivity index is 1.95. The third-order valence-electron chi connectivity index (χ3n) is 3.91. The third-order valence-corrected chi connectivity index (χ3v) is 5.51. The normalized spacial score (nSPS) is 11.3. The molecule has 3 aromatic rings. The van der Waals surface area contributed by atoms with E-state index in [1.54, 1.807) is 23.1 Å². The largest absolute Gasteiger partial charge is 0.309 e. The van der Waals surface area contributed by atoms with E-state index in [0.29, 0.717) is 27.3 Å². The van der Waals surface area contributed by atoms with Crippen molar-refractivity contribution >= 4 is 55.8 Å². The van der Waals surface area contributed by atoms with Crippen LogP contribution in [0.15, 0.2) is 42.5 Å². The van der Waals surface area contributed by atoms with Crippen LogP contribution in [0.3, 0.4) is 0 Å². The molecule has 0 spiro atoms. The van der Waals surface area contributed by atoms with Gasteiger partial charge in [-0.05, 0) is 57.4 Å². The van der Waals surface area contributed by atoms with Crippen LogP contribution >= 0.6 is 34.5 Å². The van der Waals surface area contributed by atoms with Gasteiger partial charge in [0.15, 0.2) is 5.13 Å². The van der Waals surface area contributed by atoms with Crippen LogP contribution in [0, 0.1) is 0 Å². The number of hydrogen-bond donors (Lipinski definition) is 0. The molecular weight excluding hydrogens is 389 g/mol. The van der Waals surface area contributed by atoms with E-state index in [1.165, 1.54) is 11.3 Å². The minimum atomic E-state index is -0.163. The maximum atomic E-state index is 13.2. The first-order valence-electron chi connectivity index (χ1n) is 8.23. The Hall–Kier alpha value is -1.66. The number of halogens is 2. The summed E-state index contributed by atoms with van der Waals surface area (Å²) in [5, 5.41) is 1.54. The van der Waals surface area contributed by atoms with Crippen LogP contribution < -0.4 is 4.90 Å². The molecule has 1 amide bonds. The Morgan fingerprint density at radius 3 is 2.58 bits per heavy atom. The summed E-state index contributed by atoms with van der Waals surface area (Å²) in [6.45, 7) is 1.44. The lowest BCUT2D eigenvalue weighted by atomic mass is 10.2. The molecular formula is C19H19Cl2N3OS. The van der Waals surface area contributed by atoms with E-state index in [4.69, 9.17) is 23.2 Å². The molecule has 0 bridgehead atoms. The van der Waals surface area contributed by atoms with E-state index in [1.807, 2.05) is 38.4 Å². The maximum Gasteiger partial charge on any atom is 0.261 e. The smallest absolute Gasteiger partial charge is 0.261 e. The zero-order chi connectivity index (χ0) is 18.7. The number of nitrogens with zero attached hydrogens (tertiary/aromatic N) is 3. The summed E-state index contributed by atoms with van der Waals surface area (Å²) in [7, 11) is 4.03. The molecule has 1 aromatic heterocycles. The summed E-state index contributed by atoms with van der Waals surface area (Å²) in [5.74, 6) is -0.163. The van der Waals surface area contributed by atoms with Gasteiger partial charge in [-0.15, -0.1) is 0 Å². The average molecular weight is 408 g/mol. The molecule has 0 aliphatic heterocycles. The van der Waals surface area contributed by atoms with Crippen molar-refractivity contribution in [2.24, 2.45) is 0 Å². The van der Waals surface area contributed by atoms with Gasteiger partial charge in [-0.25, -0.2) is 4.98 Å². The lowest BCUT2D eigenvalue weighted by molar-refractivity contribution is 0.0986. The standard InChI is InChI=1S/C19H19Cl2N3OS/c1-23(2)10-5-11-24(18(25)14-9-8-13(20)12-15(14)21)19-22-16-6-3-4-7-17(16)26-19/h3-4,6-9,12H,5,10-11H2,1-2H3. The Kier molecular flexibility index (Phi) is 6.14. The lowest BCUT2D eigenvalue weighted by Gasteiger charge is -2.21. The molecule has 136 valence electrons. The highest BCUT2D eigenvalue weighted by atomic mass is 35.5. The van der Waals surface area contributed by atoms with Gasteiger partial charge in [0, 0.05) is 11.6 Å². The van der Waals surface area contributed by atoms with E-state index in [9.17, 15) is 4.79 Å². The van der Waals surface area contributed by atoms with Crippen molar-refractivity contribution in [1.82, 2.24) is 9.88 Å². The fourth-order valence-corrected chi connectivity index (χ4v) is 4.09. The van der Waals surface area contributed by atoms with Crippen LogP contribution in [0.5, 0.6) is 0 Å². The van der Waals surface area contributed by atoms with Crippen LogP contribution in [0.1, 0.15) is 16.8 Å². The molecule has 2 aromatic carbocycles. The monoisotopic (exact) mass is 407 g/mol. The molecule has 0 aliphatic rings. The van der Waals surface area contributed by atoms with Crippen LogP contribution in [-0.2, 0) is 0 Å². The van der Waals surface area contributed by atoms with Gasteiger partial charge in [-0.1, -0.05) is 46.7 Å². The number of anilines is 1. The number of thiazole rings is 1.